The second-order valence-electron chi connectivity index (χ2n) is 6.20. The number of hydrogen-bond donors (Lipinski definition) is 3. The molecular weight excluding hydrogens is 402 g/mol. The van der Waals surface area contributed by atoms with Crippen LogP contribution in [0, 0.1) is 0 Å². The van der Waals surface area contributed by atoms with Crippen LogP contribution in [0.25, 0.3) is 0 Å². The molecule has 158 valence electrons. The number of ether oxygens (including phenoxy) is 1. The molecule has 28 heavy (non-hydrogen) atoms. The number of rotatable bonds is 8. The summed E-state index contributed by atoms with van der Waals surface area (Å²) in [7, 11) is -3.46. The fourth-order valence-electron chi connectivity index (χ4n) is 2.77. The molecule has 0 unspecified atom stereocenters. The largest absolute Gasteiger partial charge is 0.450 e. The molecule has 0 spiro atoms. The molecule has 1 saturated heterocycles. The van der Waals surface area contributed by atoms with Gasteiger partial charge in [0.25, 0.3) is 0 Å². The Morgan fingerprint density at radius 1 is 1.36 bits per heavy atom. The van der Waals surface area contributed by atoms with Crippen LogP contribution in [-0.2, 0) is 14.8 Å². The van der Waals surface area contributed by atoms with Gasteiger partial charge in [0.05, 0.1) is 13.2 Å². The fourth-order valence-corrected chi connectivity index (χ4v) is 4.83. The summed E-state index contributed by atoms with van der Waals surface area (Å²) in [5, 5.41) is 8.26. The molecule has 1 aliphatic heterocycles. The van der Waals surface area contributed by atoms with Crippen LogP contribution >= 0.6 is 11.3 Å². The third-order valence-electron chi connectivity index (χ3n) is 4.14. The van der Waals surface area contributed by atoms with Gasteiger partial charge in [-0.3, -0.25) is 4.99 Å². The van der Waals surface area contributed by atoms with E-state index in [4.69, 9.17) is 4.74 Å². The number of aliphatic imine (C=N–C) groups is 1. The first-order valence-electron chi connectivity index (χ1n) is 9.46. The average Bonchev–Trinajstić information content (AvgIpc) is 3.22. The second kappa shape index (κ2) is 11.2. The van der Waals surface area contributed by atoms with E-state index in [9.17, 15) is 13.2 Å². The molecule has 0 saturated carbocycles. The zero-order valence-corrected chi connectivity index (χ0v) is 17.9. The lowest BCUT2D eigenvalue weighted by Gasteiger charge is -2.32. The lowest BCUT2D eigenvalue weighted by atomic mass is 10.1. The van der Waals surface area contributed by atoms with E-state index < -0.39 is 10.0 Å². The van der Waals surface area contributed by atoms with E-state index in [1.54, 1.807) is 29.3 Å². The fraction of sp³-hybridized carbons (Fsp3) is 0.647. The molecule has 3 N–H and O–H groups in total. The van der Waals surface area contributed by atoms with Gasteiger partial charge >= 0.3 is 6.09 Å². The number of amides is 1. The molecule has 0 aromatic carbocycles. The maximum Gasteiger partial charge on any atom is 0.409 e. The SMILES string of the molecule is CCNC(=NCCNS(=O)(=O)c1cccs1)NC1CCN(C(=O)OCC)CC1. The number of nitrogens with zero attached hydrogens (tertiary/aromatic N) is 2. The van der Waals surface area contributed by atoms with Crippen molar-refractivity contribution in [2.75, 3.05) is 39.3 Å². The minimum atomic E-state index is -3.46. The number of thiophene rings is 1. The van der Waals surface area contributed by atoms with E-state index in [-0.39, 0.29) is 18.7 Å². The van der Waals surface area contributed by atoms with Gasteiger partial charge in [0, 0.05) is 32.2 Å². The summed E-state index contributed by atoms with van der Waals surface area (Å²) in [6.07, 6.45) is 1.34. The van der Waals surface area contributed by atoms with E-state index in [1.165, 1.54) is 11.3 Å². The maximum atomic E-state index is 12.1. The van der Waals surface area contributed by atoms with Crippen LogP contribution in [0.4, 0.5) is 4.79 Å². The molecule has 1 amide bonds. The number of nitrogens with one attached hydrogen (secondary N) is 3. The van der Waals surface area contributed by atoms with Gasteiger partial charge in [-0.1, -0.05) is 6.07 Å². The topological polar surface area (TPSA) is 112 Å². The molecule has 2 rings (SSSR count). The van der Waals surface area contributed by atoms with Crippen molar-refractivity contribution in [3.63, 3.8) is 0 Å². The predicted octanol–water partition coefficient (Wildman–Crippen LogP) is 1.20. The summed E-state index contributed by atoms with van der Waals surface area (Å²) < 4.78 is 32.1. The van der Waals surface area contributed by atoms with Gasteiger partial charge < -0.3 is 20.3 Å². The third-order valence-corrected chi connectivity index (χ3v) is 7.00. The highest BCUT2D eigenvalue weighted by molar-refractivity contribution is 7.91. The van der Waals surface area contributed by atoms with Gasteiger partial charge in [-0.15, -0.1) is 11.3 Å². The van der Waals surface area contributed by atoms with Crippen LogP contribution in [0.3, 0.4) is 0 Å². The van der Waals surface area contributed by atoms with E-state index in [0.29, 0.717) is 43.0 Å². The Kier molecular flexibility index (Phi) is 9.00. The minimum absolute atomic E-state index is 0.200. The molecule has 0 aliphatic carbocycles. The Morgan fingerprint density at radius 2 is 2.11 bits per heavy atom. The molecule has 0 radical (unpaired) electrons. The number of piperidine rings is 1. The molecule has 9 nitrogen and oxygen atoms in total. The molecule has 11 heteroatoms. The second-order valence-corrected chi connectivity index (χ2v) is 9.14. The Labute approximate surface area is 170 Å². The monoisotopic (exact) mass is 431 g/mol. The highest BCUT2D eigenvalue weighted by atomic mass is 32.2. The van der Waals surface area contributed by atoms with Gasteiger partial charge in [-0.25, -0.2) is 17.9 Å². The summed E-state index contributed by atoms with van der Waals surface area (Å²) in [6, 6.07) is 3.48. The van der Waals surface area contributed by atoms with E-state index in [0.717, 1.165) is 12.8 Å². The van der Waals surface area contributed by atoms with Crippen molar-refractivity contribution in [1.29, 1.82) is 0 Å². The zero-order valence-electron chi connectivity index (χ0n) is 16.3. The first-order chi connectivity index (χ1) is 13.5. The van der Waals surface area contributed by atoms with Gasteiger partial charge in [0.1, 0.15) is 4.21 Å². The maximum absolute atomic E-state index is 12.1. The first-order valence-corrected chi connectivity index (χ1v) is 11.8. The number of hydrogen-bond acceptors (Lipinski definition) is 6. The van der Waals surface area contributed by atoms with E-state index >= 15 is 0 Å². The lowest BCUT2D eigenvalue weighted by Crippen LogP contribution is -2.50. The van der Waals surface area contributed by atoms with Gasteiger partial charge in [0.2, 0.25) is 10.0 Å². The van der Waals surface area contributed by atoms with Crippen LogP contribution in [-0.4, -0.2) is 70.7 Å². The van der Waals surface area contributed by atoms with Crippen LogP contribution in [0.15, 0.2) is 26.7 Å². The molecule has 1 aromatic heterocycles. The van der Waals surface area contributed by atoms with Gasteiger partial charge in [-0.05, 0) is 38.1 Å². The zero-order chi connectivity index (χ0) is 20.4. The molecule has 0 bridgehead atoms. The van der Waals surface area contributed by atoms with Crippen molar-refractivity contribution in [3.05, 3.63) is 17.5 Å². The van der Waals surface area contributed by atoms with Crippen molar-refractivity contribution < 1.29 is 17.9 Å². The highest BCUT2D eigenvalue weighted by Crippen LogP contribution is 2.15. The lowest BCUT2D eigenvalue weighted by molar-refractivity contribution is 0.0963. The Bertz CT molecular complexity index is 729. The first kappa shape index (κ1) is 22.4. The summed E-state index contributed by atoms with van der Waals surface area (Å²) in [5.41, 5.74) is 0. The molecule has 1 fully saturated rings. The van der Waals surface area contributed by atoms with Crippen molar-refractivity contribution in [2.45, 2.75) is 36.9 Å². The van der Waals surface area contributed by atoms with E-state index in [1.807, 2.05) is 6.92 Å². The Balaban J connectivity index is 1.79. The van der Waals surface area contributed by atoms with Crippen molar-refractivity contribution in [2.24, 2.45) is 4.99 Å². The molecular formula is C17H29N5O4S2. The quantitative estimate of drug-likeness (QED) is 0.324. The summed E-state index contributed by atoms with van der Waals surface area (Å²) in [5.74, 6) is 0.646. The smallest absolute Gasteiger partial charge is 0.409 e. The minimum Gasteiger partial charge on any atom is -0.450 e. The number of carbonyl (C=O) groups excluding carboxylic acids is 1. The standard InChI is InChI=1S/C17H29N5O4S2/c1-3-18-16(19-9-10-20-28(24,25)15-6-5-13-27-15)21-14-7-11-22(12-8-14)17(23)26-4-2/h5-6,13-14,20H,3-4,7-12H2,1-2H3,(H2,18,19,21). The summed E-state index contributed by atoms with van der Waals surface area (Å²) in [6.45, 7) is 6.66. The molecule has 2 heterocycles. The normalized spacial score (nSPS) is 16.1. The third kappa shape index (κ3) is 6.95. The molecule has 1 aromatic rings. The number of guanidine groups is 1. The molecule has 1 aliphatic rings. The van der Waals surface area contributed by atoms with Crippen LogP contribution in [0.2, 0.25) is 0 Å². The van der Waals surface area contributed by atoms with Crippen molar-refractivity contribution >= 4 is 33.4 Å². The Morgan fingerprint density at radius 3 is 2.71 bits per heavy atom. The predicted molar refractivity (Wildman–Crippen MR) is 110 cm³/mol. The van der Waals surface area contributed by atoms with Crippen LogP contribution in [0.1, 0.15) is 26.7 Å². The highest BCUT2D eigenvalue weighted by Gasteiger charge is 2.24. The number of sulfonamides is 1. The Hall–Kier alpha value is -1.85. The van der Waals surface area contributed by atoms with Gasteiger partial charge in [-0.2, -0.15) is 0 Å². The van der Waals surface area contributed by atoms with Crippen molar-refractivity contribution in [1.82, 2.24) is 20.3 Å². The molecule has 0 atom stereocenters. The van der Waals surface area contributed by atoms with E-state index in [2.05, 4.69) is 20.3 Å². The number of likely N-dealkylation sites (tertiary alicyclic amines) is 1. The average molecular weight is 432 g/mol. The summed E-state index contributed by atoms with van der Waals surface area (Å²) in [4.78, 5) is 17.9. The summed E-state index contributed by atoms with van der Waals surface area (Å²) >= 11 is 1.18. The van der Waals surface area contributed by atoms with Crippen LogP contribution in [0.5, 0.6) is 0 Å². The van der Waals surface area contributed by atoms with Gasteiger partial charge in [0.15, 0.2) is 5.96 Å². The van der Waals surface area contributed by atoms with Crippen molar-refractivity contribution in [3.8, 4) is 0 Å². The van der Waals surface area contributed by atoms with Crippen LogP contribution < -0.4 is 15.4 Å². The number of carbonyl (C=O) groups is 1.